The molecule has 1 atom stereocenters. The predicted octanol–water partition coefficient (Wildman–Crippen LogP) is 2.74. The summed E-state index contributed by atoms with van der Waals surface area (Å²) < 4.78 is 5.44. The lowest BCUT2D eigenvalue weighted by Crippen LogP contribution is -2.32. The average Bonchev–Trinajstić information content (AvgIpc) is 2.59. The molecule has 0 fully saturated rings. The van der Waals surface area contributed by atoms with Crippen LogP contribution in [0.2, 0.25) is 0 Å². The zero-order chi connectivity index (χ0) is 17.5. The Kier molecular flexibility index (Phi) is 5.95. The van der Waals surface area contributed by atoms with Gasteiger partial charge >= 0.3 is 0 Å². The van der Waals surface area contributed by atoms with Gasteiger partial charge in [0, 0.05) is 5.56 Å². The number of primary amides is 1. The predicted molar refractivity (Wildman–Crippen MR) is 92.8 cm³/mol. The molecule has 0 saturated carbocycles. The summed E-state index contributed by atoms with van der Waals surface area (Å²) in [5, 5.41) is 2.96. The molecule has 24 heavy (non-hydrogen) atoms. The molecule has 0 unspecified atom stereocenters. The molecule has 0 aliphatic heterocycles. The summed E-state index contributed by atoms with van der Waals surface area (Å²) in [5.74, 6) is -0.178. The fourth-order valence-corrected chi connectivity index (χ4v) is 2.32. The third kappa shape index (κ3) is 4.84. The van der Waals surface area contributed by atoms with Crippen molar-refractivity contribution in [3.8, 4) is 5.75 Å². The summed E-state index contributed by atoms with van der Waals surface area (Å²) in [7, 11) is 0. The topological polar surface area (TPSA) is 81.4 Å². The number of nitrogens with one attached hydrogen (secondary N) is 1. The molecule has 5 heteroatoms. The Bertz CT molecular complexity index is 694. The summed E-state index contributed by atoms with van der Waals surface area (Å²) in [5.41, 5.74) is 7.83. The zero-order valence-corrected chi connectivity index (χ0v) is 13.9. The van der Waals surface area contributed by atoms with Gasteiger partial charge in [0.15, 0.2) is 6.61 Å². The highest BCUT2D eigenvalue weighted by Gasteiger charge is 2.13. The van der Waals surface area contributed by atoms with E-state index in [1.54, 1.807) is 24.3 Å². The van der Waals surface area contributed by atoms with E-state index in [9.17, 15) is 9.59 Å². The molecular formula is C19H22N2O3. The van der Waals surface area contributed by atoms with Crippen molar-refractivity contribution in [1.29, 1.82) is 0 Å². The van der Waals surface area contributed by atoms with Gasteiger partial charge in [-0.1, -0.05) is 36.8 Å². The highest BCUT2D eigenvalue weighted by Crippen LogP contribution is 2.17. The van der Waals surface area contributed by atoms with E-state index in [2.05, 4.69) is 5.32 Å². The molecule has 0 aromatic heterocycles. The van der Waals surface area contributed by atoms with Crippen LogP contribution in [0.5, 0.6) is 5.75 Å². The number of carbonyl (C=O) groups is 2. The molecule has 126 valence electrons. The van der Waals surface area contributed by atoms with Gasteiger partial charge in [-0.05, 0) is 43.2 Å². The Morgan fingerprint density at radius 2 is 1.71 bits per heavy atom. The molecule has 0 aliphatic carbocycles. The van der Waals surface area contributed by atoms with Crippen molar-refractivity contribution < 1.29 is 14.3 Å². The lowest BCUT2D eigenvalue weighted by molar-refractivity contribution is -0.123. The summed E-state index contributed by atoms with van der Waals surface area (Å²) in [6.45, 7) is 3.97. The standard InChI is InChI=1S/C19H22N2O3/c1-3-17(14-6-4-13(2)5-7-14)21-18(22)12-24-16-10-8-15(9-11-16)19(20)23/h4-11,17H,3,12H2,1-2H3,(H2,20,23)(H,21,22)/t17-/m1/s1. The number of benzene rings is 2. The summed E-state index contributed by atoms with van der Waals surface area (Å²) in [4.78, 5) is 23.1. The van der Waals surface area contributed by atoms with Crippen LogP contribution >= 0.6 is 0 Å². The Morgan fingerprint density at radius 3 is 2.25 bits per heavy atom. The van der Waals surface area contributed by atoms with Crippen LogP contribution in [-0.2, 0) is 4.79 Å². The molecule has 2 amide bonds. The summed E-state index contributed by atoms with van der Waals surface area (Å²) >= 11 is 0. The minimum absolute atomic E-state index is 0.0427. The van der Waals surface area contributed by atoms with Crippen LogP contribution in [0.1, 0.15) is 40.9 Å². The number of carbonyl (C=O) groups excluding carboxylic acids is 2. The third-order valence-corrected chi connectivity index (χ3v) is 3.73. The van der Waals surface area contributed by atoms with Crippen LogP contribution in [0.3, 0.4) is 0 Å². The van der Waals surface area contributed by atoms with E-state index < -0.39 is 5.91 Å². The van der Waals surface area contributed by atoms with E-state index in [0.29, 0.717) is 11.3 Å². The molecule has 2 aromatic carbocycles. The zero-order valence-electron chi connectivity index (χ0n) is 13.9. The number of rotatable bonds is 7. The van der Waals surface area contributed by atoms with Gasteiger partial charge in [-0.2, -0.15) is 0 Å². The van der Waals surface area contributed by atoms with Crippen LogP contribution < -0.4 is 15.8 Å². The maximum absolute atomic E-state index is 12.1. The second-order valence-electron chi connectivity index (χ2n) is 5.62. The molecule has 2 rings (SSSR count). The SMILES string of the molecule is CC[C@@H](NC(=O)COc1ccc(C(N)=O)cc1)c1ccc(C)cc1. The van der Waals surface area contributed by atoms with E-state index in [-0.39, 0.29) is 18.6 Å². The van der Waals surface area contributed by atoms with Gasteiger partial charge in [0.2, 0.25) is 5.91 Å². The highest BCUT2D eigenvalue weighted by molar-refractivity contribution is 5.92. The van der Waals surface area contributed by atoms with E-state index in [1.165, 1.54) is 5.56 Å². The number of hydrogen-bond acceptors (Lipinski definition) is 3. The molecule has 3 N–H and O–H groups in total. The van der Waals surface area contributed by atoms with Gasteiger partial charge < -0.3 is 15.8 Å². The summed E-state index contributed by atoms with van der Waals surface area (Å²) in [6.07, 6.45) is 0.794. The van der Waals surface area contributed by atoms with Crippen LogP contribution in [0.4, 0.5) is 0 Å². The Labute approximate surface area is 141 Å². The normalized spacial score (nSPS) is 11.6. The number of hydrogen-bond donors (Lipinski definition) is 2. The lowest BCUT2D eigenvalue weighted by atomic mass is 10.0. The van der Waals surface area contributed by atoms with Gasteiger partial charge in [-0.15, -0.1) is 0 Å². The quantitative estimate of drug-likeness (QED) is 0.821. The van der Waals surface area contributed by atoms with Crippen LogP contribution in [0.15, 0.2) is 48.5 Å². The first-order valence-corrected chi connectivity index (χ1v) is 7.88. The Balaban J connectivity index is 1.89. The summed E-state index contributed by atoms with van der Waals surface area (Å²) in [6, 6.07) is 14.4. The largest absolute Gasteiger partial charge is 0.484 e. The van der Waals surface area contributed by atoms with Crippen molar-refractivity contribution in [3.05, 3.63) is 65.2 Å². The molecule has 0 spiro atoms. The van der Waals surface area contributed by atoms with Crippen LogP contribution in [-0.4, -0.2) is 18.4 Å². The fourth-order valence-electron chi connectivity index (χ4n) is 2.32. The van der Waals surface area contributed by atoms with Crippen molar-refractivity contribution in [2.45, 2.75) is 26.3 Å². The van der Waals surface area contributed by atoms with Crippen molar-refractivity contribution in [1.82, 2.24) is 5.32 Å². The van der Waals surface area contributed by atoms with Gasteiger partial charge in [0.25, 0.3) is 5.91 Å². The van der Waals surface area contributed by atoms with E-state index in [0.717, 1.165) is 12.0 Å². The van der Waals surface area contributed by atoms with Gasteiger partial charge in [-0.25, -0.2) is 0 Å². The van der Waals surface area contributed by atoms with Crippen molar-refractivity contribution >= 4 is 11.8 Å². The van der Waals surface area contributed by atoms with E-state index in [4.69, 9.17) is 10.5 Å². The fraction of sp³-hybridized carbons (Fsp3) is 0.263. The van der Waals surface area contributed by atoms with Gasteiger partial charge in [0.05, 0.1) is 6.04 Å². The van der Waals surface area contributed by atoms with Gasteiger partial charge in [0.1, 0.15) is 5.75 Å². The number of nitrogens with two attached hydrogens (primary N) is 1. The molecular weight excluding hydrogens is 304 g/mol. The molecule has 0 heterocycles. The van der Waals surface area contributed by atoms with Crippen LogP contribution in [0.25, 0.3) is 0 Å². The number of aryl methyl sites for hydroxylation is 1. The first-order valence-electron chi connectivity index (χ1n) is 7.88. The van der Waals surface area contributed by atoms with Crippen molar-refractivity contribution in [3.63, 3.8) is 0 Å². The number of ether oxygens (including phenoxy) is 1. The Morgan fingerprint density at radius 1 is 1.08 bits per heavy atom. The van der Waals surface area contributed by atoms with Crippen molar-refractivity contribution in [2.24, 2.45) is 5.73 Å². The first-order chi connectivity index (χ1) is 11.5. The maximum Gasteiger partial charge on any atom is 0.258 e. The van der Waals surface area contributed by atoms with Crippen LogP contribution in [0, 0.1) is 6.92 Å². The van der Waals surface area contributed by atoms with Crippen molar-refractivity contribution in [2.75, 3.05) is 6.61 Å². The van der Waals surface area contributed by atoms with E-state index >= 15 is 0 Å². The monoisotopic (exact) mass is 326 g/mol. The molecule has 2 aromatic rings. The van der Waals surface area contributed by atoms with Gasteiger partial charge in [-0.3, -0.25) is 9.59 Å². The molecule has 0 radical (unpaired) electrons. The average molecular weight is 326 g/mol. The molecule has 0 bridgehead atoms. The second-order valence-corrected chi connectivity index (χ2v) is 5.62. The second kappa shape index (κ2) is 8.15. The third-order valence-electron chi connectivity index (χ3n) is 3.73. The first kappa shape index (κ1) is 17.5. The molecule has 0 aliphatic rings. The molecule has 0 saturated heterocycles. The Hall–Kier alpha value is -2.82. The minimum Gasteiger partial charge on any atom is -0.484 e. The van der Waals surface area contributed by atoms with E-state index in [1.807, 2.05) is 38.1 Å². The maximum atomic E-state index is 12.1. The molecule has 5 nitrogen and oxygen atoms in total. The highest BCUT2D eigenvalue weighted by atomic mass is 16.5. The minimum atomic E-state index is -0.497. The number of amides is 2. The lowest BCUT2D eigenvalue weighted by Gasteiger charge is -2.18. The smallest absolute Gasteiger partial charge is 0.258 e.